The number of hydrogen-bond acceptors (Lipinski definition) is 5. The molecule has 0 aliphatic carbocycles. The minimum absolute atomic E-state index is 0.313. The van der Waals surface area contributed by atoms with E-state index >= 15 is 0 Å². The second-order valence-electron chi connectivity index (χ2n) is 4.59. The third-order valence-electron chi connectivity index (χ3n) is 2.98. The van der Waals surface area contributed by atoms with E-state index in [0.717, 1.165) is 0 Å². The van der Waals surface area contributed by atoms with Gasteiger partial charge >= 0.3 is 11.9 Å². The lowest BCUT2D eigenvalue weighted by Gasteiger charge is -2.07. The van der Waals surface area contributed by atoms with Crippen molar-refractivity contribution in [3.05, 3.63) is 59.7 Å². The SMILES string of the molecule is CCOC(=O)c1ccc(OC(=O)c2ccc(OCC)cc2)cc1. The van der Waals surface area contributed by atoms with Crippen molar-refractivity contribution < 1.29 is 23.8 Å². The van der Waals surface area contributed by atoms with Crippen LogP contribution in [0.1, 0.15) is 34.6 Å². The van der Waals surface area contributed by atoms with Crippen LogP contribution in [-0.2, 0) is 4.74 Å². The first-order chi connectivity index (χ1) is 11.1. The van der Waals surface area contributed by atoms with Crippen molar-refractivity contribution in [1.29, 1.82) is 0 Å². The number of rotatable bonds is 6. The number of carbonyl (C=O) groups excluding carboxylic acids is 2. The van der Waals surface area contributed by atoms with Crippen LogP contribution in [0.3, 0.4) is 0 Å². The lowest BCUT2D eigenvalue weighted by molar-refractivity contribution is 0.0526. The molecule has 0 heterocycles. The Labute approximate surface area is 134 Å². The van der Waals surface area contributed by atoms with Crippen molar-refractivity contribution in [3.63, 3.8) is 0 Å². The van der Waals surface area contributed by atoms with E-state index in [1.54, 1.807) is 55.5 Å². The molecule has 0 saturated heterocycles. The summed E-state index contributed by atoms with van der Waals surface area (Å²) < 4.78 is 15.5. The molecule has 0 spiro atoms. The van der Waals surface area contributed by atoms with Crippen LogP contribution in [0.15, 0.2) is 48.5 Å². The molecule has 23 heavy (non-hydrogen) atoms. The average Bonchev–Trinajstić information content (AvgIpc) is 2.56. The van der Waals surface area contributed by atoms with Gasteiger partial charge in [0.05, 0.1) is 24.3 Å². The molecule has 0 aliphatic heterocycles. The fraction of sp³-hybridized carbons (Fsp3) is 0.222. The molecule has 0 bridgehead atoms. The van der Waals surface area contributed by atoms with Crippen LogP contribution in [0.4, 0.5) is 0 Å². The Morgan fingerprint density at radius 3 is 1.78 bits per heavy atom. The summed E-state index contributed by atoms with van der Waals surface area (Å²) in [7, 11) is 0. The van der Waals surface area contributed by atoms with E-state index in [-0.39, 0.29) is 0 Å². The van der Waals surface area contributed by atoms with Crippen LogP contribution >= 0.6 is 0 Å². The van der Waals surface area contributed by atoms with Gasteiger partial charge in [-0.25, -0.2) is 9.59 Å². The number of esters is 2. The summed E-state index contributed by atoms with van der Waals surface area (Å²) in [5.41, 5.74) is 0.829. The van der Waals surface area contributed by atoms with Crippen LogP contribution in [0.5, 0.6) is 11.5 Å². The summed E-state index contributed by atoms with van der Waals surface area (Å²) in [6.07, 6.45) is 0. The van der Waals surface area contributed by atoms with Crippen molar-refractivity contribution >= 4 is 11.9 Å². The van der Waals surface area contributed by atoms with Gasteiger partial charge in [0.25, 0.3) is 0 Å². The topological polar surface area (TPSA) is 61.8 Å². The summed E-state index contributed by atoms with van der Waals surface area (Å²) in [5, 5.41) is 0. The fourth-order valence-corrected chi connectivity index (χ4v) is 1.89. The summed E-state index contributed by atoms with van der Waals surface area (Å²) in [6.45, 7) is 4.51. The number of ether oxygens (including phenoxy) is 3. The van der Waals surface area contributed by atoms with Gasteiger partial charge in [-0.05, 0) is 62.4 Å². The van der Waals surface area contributed by atoms with E-state index in [9.17, 15) is 9.59 Å². The first kappa shape index (κ1) is 16.5. The van der Waals surface area contributed by atoms with Crippen LogP contribution < -0.4 is 9.47 Å². The van der Waals surface area contributed by atoms with Gasteiger partial charge in [-0.2, -0.15) is 0 Å². The summed E-state index contributed by atoms with van der Waals surface area (Å²) in [4.78, 5) is 23.6. The van der Waals surface area contributed by atoms with Gasteiger partial charge in [0.1, 0.15) is 11.5 Å². The van der Waals surface area contributed by atoms with Gasteiger partial charge in [-0.3, -0.25) is 0 Å². The molecule has 2 aromatic carbocycles. The maximum absolute atomic E-state index is 12.0. The lowest BCUT2D eigenvalue weighted by Crippen LogP contribution is -2.09. The molecule has 0 atom stereocenters. The Hall–Kier alpha value is -2.82. The van der Waals surface area contributed by atoms with Gasteiger partial charge in [0, 0.05) is 0 Å². The molecule has 0 N–H and O–H groups in total. The smallest absolute Gasteiger partial charge is 0.343 e. The third kappa shape index (κ3) is 4.57. The Morgan fingerprint density at radius 1 is 0.739 bits per heavy atom. The van der Waals surface area contributed by atoms with Crippen LogP contribution in [0.25, 0.3) is 0 Å². The van der Waals surface area contributed by atoms with Crippen molar-refractivity contribution in [1.82, 2.24) is 0 Å². The average molecular weight is 314 g/mol. The molecule has 0 amide bonds. The summed E-state index contributed by atoms with van der Waals surface area (Å²) in [6, 6.07) is 12.9. The molecule has 0 aromatic heterocycles. The van der Waals surface area contributed by atoms with E-state index in [2.05, 4.69) is 0 Å². The van der Waals surface area contributed by atoms with Gasteiger partial charge in [0.15, 0.2) is 0 Å². The Morgan fingerprint density at radius 2 is 1.26 bits per heavy atom. The molecule has 0 fully saturated rings. The van der Waals surface area contributed by atoms with Crippen molar-refractivity contribution in [2.45, 2.75) is 13.8 Å². The predicted octanol–water partition coefficient (Wildman–Crippen LogP) is 3.48. The molecule has 0 aliphatic rings. The minimum atomic E-state index is -0.475. The Kier molecular flexibility index (Phi) is 5.74. The highest BCUT2D eigenvalue weighted by Crippen LogP contribution is 2.17. The fourth-order valence-electron chi connectivity index (χ4n) is 1.89. The minimum Gasteiger partial charge on any atom is -0.494 e. The highest BCUT2D eigenvalue weighted by molar-refractivity contribution is 5.92. The van der Waals surface area contributed by atoms with E-state index in [1.807, 2.05) is 6.92 Å². The molecule has 2 rings (SSSR count). The number of hydrogen-bond donors (Lipinski definition) is 0. The zero-order chi connectivity index (χ0) is 16.7. The molecule has 5 nitrogen and oxygen atoms in total. The highest BCUT2D eigenvalue weighted by atomic mass is 16.5. The third-order valence-corrected chi connectivity index (χ3v) is 2.98. The van der Waals surface area contributed by atoms with Crippen molar-refractivity contribution in [2.24, 2.45) is 0 Å². The summed E-state index contributed by atoms with van der Waals surface area (Å²) in [5.74, 6) is 0.175. The van der Waals surface area contributed by atoms with Gasteiger partial charge in [-0.1, -0.05) is 0 Å². The monoisotopic (exact) mass is 314 g/mol. The molecule has 0 radical (unpaired) electrons. The van der Waals surface area contributed by atoms with E-state index in [4.69, 9.17) is 14.2 Å². The van der Waals surface area contributed by atoms with Crippen LogP contribution in [0, 0.1) is 0 Å². The van der Waals surface area contributed by atoms with Gasteiger partial charge in [0.2, 0.25) is 0 Å². The summed E-state index contributed by atoms with van der Waals surface area (Å²) >= 11 is 0. The second kappa shape index (κ2) is 7.98. The standard InChI is InChI=1S/C18H18O5/c1-3-21-15-9-5-14(6-10-15)18(20)23-16-11-7-13(8-12-16)17(19)22-4-2/h5-12H,3-4H2,1-2H3. The zero-order valence-corrected chi connectivity index (χ0v) is 13.1. The first-order valence-corrected chi connectivity index (χ1v) is 7.36. The predicted molar refractivity (Wildman–Crippen MR) is 85.0 cm³/mol. The van der Waals surface area contributed by atoms with E-state index in [0.29, 0.717) is 35.8 Å². The largest absolute Gasteiger partial charge is 0.494 e. The lowest BCUT2D eigenvalue weighted by atomic mass is 10.2. The molecule has 0 saturated carbocycles. The maximum atomic E-state index is 12.0. The zero-order valence-electron chi connectivity index (χ0n) is 13.1. The van der Waals surface area contributed by atoms with Crippen LogP contribution in [-0.4, -0.2) is 25.2 Å². The van der Waals surface area contributed by atoms with E-state index < -0.39 is 11.9 Å². The second-order valence-corrected chi connectivity index (χ2v) is 4.59. The number of benzene rings is 2. The van der Waals surface area contributed by atoms with Crippen molar-refractivity contribution in [3.8, 4) is 11.5 Å². The maximum Gasteiger partial charge on any atom is 0.343 e. The molecule has 0 unspecified atom stereocenters. The van der Waals surface area contributed by atoms with Crippen molar-refractivity contribution in [2.75, 3.05) is 13.2 Å². The molecular formula is C18H18O5. The molecular weight excluding hydrogens is 296 g/mol. The first-order valence-electron chi connectivity index (χ1n) is 7.36. The van der Waals surface area contributed by atoms with Crippen LogP contribution in [0.2, 0.25) is 0 Å². The Balaban J connectivity index is 2.00. The quantitative estimate of drug-likeness (QED) is 0.603. The molecule has 2 aromatic rings. The van der Waals surface area contributed by atoms with E-state index in [1.165, 1.54) is 0 Å². The molecule has 5 heteroatoms. The van der Waals surface area contributed by atoms with Gasteiger partial charge < -0.3 is 14.2 Å². The molecule has 120 valence electrons. The number of carbonyl (C=O) groups is 2. The highest BCUT2D eigenvalue weighted by Gasteiger charge is 2.10. The van der Waals surface area contributed by atoms with Gasteiger partial charge in [-0.15, -0.1) is 0 Å². The normalized spacial score (nSPS) is 10.0. The Bertz CT molecular complexity index is 659.